The molecule has 1 aromatic carbocycles. The summed E-state index contributed by atoms with van der Waals surface area (Å²) < 4.78 is 0. The fourth-order valence-corrected chi connectivity index (χ4v) is 3.03. The highest BCUT2D eigenvalue weighted by Gasteiger charge is 2.20. The maximum absolute atomic E-state index is 5.88. The molecular formula is C16H21N3. The van der Waals surface area contributed by atoms with Crippen LogP contribution in [-0.4, -0.2) is 10.2 Å². The third-order valence-electron chi connectivity index (χ3n) is 4.16. The van der Waals surface area contributed by atoms with E-state index in [0.717, 1.165) is 18.5 Å². The lowest BCUT2D eigenvalue weighted by molar-refractivity contribution is 0.695. The highest BCUT2D eigenvalue weighted by atomic mass is 15.1. The largest absolute Gasteiger partial charge is 0.399 e. The van der Waals surface area contributed by atoms with E-state index < -0.39 is 0 Å². The molecule has 1 aliphatic rings. The zero-order valence-corrected chi connectivity index (χ0v) is 11.4. The van der Waals surface area contributed by atoms with E-state index in [1.165, 1.54) is 41.8 Å². The molecule has 1 atom stereocenters. The van der Waals surface area contributed by atoms with Crippen LogP contribution in [0.3, 0.4) is 0 Å². The number of nitrogens with two attached hydrogens (primary N) is 1. The van der Waals surface area contributed by atoms with Gasteiger partial charge in [0.1, 0.15) is 0 Å². The van der Waals surface area contributed by atoms with Crippen LogP contribution in [0.15, 0.2) is 24.3 Å². The quantitative estimate of drug-likeness (QED) is 0.638. The number of aromatic amines is 1. The first-order valence-corrected chi connectivity index (χ1v) is 7.17. The minimum Gasteiger partial charge on any atom is -0.399 e. The summed E-state index contributed by atoms with van der Waals surface area (Å²) in [6, 6.07) is 8.15. The third-order valence-corrected chi connectivity index (χ3v) is 4.16. The molecule has 0 amide bonds. The van der Waals surface area contributed by atoms with Gasteiger partial charge in [0.15, 0.2) is 0 Å². The van der Waals surface area contributed by atoms with Crippen LogP contribution >= 0.6 is 0 Å². The fourth-order valence-electron chi connectivity index (χ4n) is 3.03. The van der Waals surface area contributed by atoms with Crippen molar-refractivity contribution in [2.75, 3.05) is 5.73 Å². The molecule has 3 rings (SSSR count). The van der Waals surface area contributed by atoms with E-state index in [9.17, 15) is 0 Å². The van der Waals surface area contributed by atoms with Gasteiger partial charge in [0.2, 0.25) is 0 Å². The molecule has 3 heteroatoms. The summed E-state index contributed by atoms with van der Waals surface area (Å²) in [6.45, 7) is 2.22. The van der Waals surface area contributed by atoms with Crippen molar-refractivity contribution < 1.29 is 0 Å². The van der Waals surface area contributed by atoms with Gasteiger partial charge in [-0.15, -0.1) is 0 Å². The summed E-state index contributed by atoms with van der Waals surface area (Å²) in [7, 11) is 0. The molecule has 0 radical (unpaired) electrons. The molecule has 19 heavy (non-hydrogen) atoms. The molecule has 0 saturated carbocycles. The maximum Gasteiger partial charge on any atom is 0.0728 e. The van der Waals surface area contributed by atoms with Gasteiger partial charge in [0.05, 0.1) is 5.69 Å². The molecule has 1 heterocycles. The Bertz CT molecular complexity index is 571. The van der Waals surface area contributed by atoms with Crippen LogP contribution in [-0.2, 0) is 12.8 Å². The molecule has 0 aliphatic heterocycles. The van der Waals surface area contributed by atoms with Gasteiger partial charge in [0.25, 0.3) is 0 Å². The number of fused-ring (bicyclic) bond motifs is 1. The van der Waals surface area contributed by atoms with E-state index in [0.29, 0.717) is 5.92 Å². The molecule has 1 unspecified atom stereocenters. The van der Waals surface area contributed by atoms with E-state index in [1.807, 2.05) is 12.1 Å². The highest BCUT2D eigenvalue weighted by Crippen LogP contribution is 2.30. The number of nitrogens with zero attached hydrogens (tertiary/aromatic N) is 1. The Hall–Kier alpha value is -1.77. The van der Waals surface area contributed by atoms with Gasteiger partial charge in [-0.05, 0) is 48.9 Å². The summed E-state index contributed by atoms with van der Waals surface area (Å²) >= 11 is 0. The molecule has 1 aliphatic carbocycles. The van der Waals surface area contributed by atoms with Crippen LogP contribution in [0.25, 0.3) is 0 Å². The van der Waals surface area contributed by atoms with Crippen LogP contribution in [0.1, 0.15) is 54.6 Å². The van der Waals surface area contributed by atoms with Crippen molar-refractivity contribution in [3.05, 3.63) is 46.8 Å². The van der Waals surface area contributed by atoms with Crippen molar-refractivity contribution in [1.82, 2.24) is 10.2 Å². The van der Waals surface area contributed by atoms with E-state index in [2.05, 4.69) is 29.3 Å². The van der Waals surface area contributed by atoms with E-state index in [4.69, 9.17) is 5.73 Å². The molecule has 3 nitrogen and oxygen atoms in total. The second kappa shape index (κ2) is 5.08. The number of benzene rings is 1. The van der Waals surface area contributed by atoms with Crippen LogP contribution in [0.2, 0.25) is 0 Å². The Balaban J connectivity index is 1.96. The molecule has 0 fully saturated rings. The average molecular weight is 255 g/mol. The number of rotatable bonds is 2. The van der Waals surface area contributed by atoms with Gasteiger partial charge in [-0.2, -0.15) is 5.10 Å². The smallest absolute Gasteiger partial charge is 0.0728 e. The summed E-state index contributed by atoms with van der Waals surface area (Å²) in [5.74, 6) is 0.307. The summed E-state index contributed by atoms with van der Waals surface area (Å²) in [6.07, 6.45) is 6.19. The monoisotopic (exact) mass is 255 g/mol. The van der Waals surface area contributed by atoms with Crippen LogP contribution in [0.5, 0.6) is 0 Å². The van der Waals surface area contributed by atoms with Crippen molar-refractivity contribution in [2.45, 2.75) is 44.9 Å². The lowest BCUT2D eigenvalue weighted by Crippen LogP contribution is -2.02. The van der Waals surface area contributed by atoms with Gasteiger partial charge < -0.3 is 5.73 Å². The lowest BCUT2D eigenvalue weighted by atomic mass is 9.92. The molecule has 3 N–H and O–H groups in total. The van der Waals surface area contributed by atoms with Gasteiger partial charge in [-0.1, -0.05) is 25.5 Å². The molecule has 0 bridgehead atoms. The third kappa shape index (κ3) is 2.37. The first kappa shape index (κ1) is 12.3. The Morgan fingerprint density at radius 3 is 2.89 bits per heavy atom. The predicted molar refractivity (Wildman–Crippen MR) is 78.2 cm³/mol. The SMILES string of the molecule is CC(c1cccc(N)c1)c1n[nH]c2c1CCCCC2. The van der Waals surface area contributed by atoms with E-state index >= 15 is 0 Å². The number of aromatic nitrogens is 2. The number of hydrogen-bond donors (Lipinski definition) is 2. The topological polar surface area (TPSA) is 54.7 Å². The average Bonchev–Trinajstić information content (AvgIpc) is 2.67. The lowest BCUT2D eigenvalue weighted by Gasteiger charge is -2.12. The maximum atomic E-state index is 5.88. The van der Waals surface area contributed by atoms with Crippen molar-refractivity contribution in [1.29, 1.82) is 0 Å². The standard InChI is InChI=1S/C16H21N3/c1-11(12-6-5-7-13(17)10-12)16-14-8-3-2-4-9-15(14)18-19-16/h5-7,10-11H,2-4,8-9,17H2,1H3,(H,18,19). The minimum absolute atomic E-state index is 0.307. The summed E-state index contributed by atoms with van der Waals surface area (Å²) in [5, 5.41) is 7.83. The molecule has 1 aromatic heterocycles. The Kier molecular flexibility index (Phi) is 3.28. The number of anilines is 1. The number of aryl methyl sites for hydroxylation is 1. The highest BCUT2D eigenvalue weighted by molar-refractivity contribution is 5.45. The molecular weight excluding hydrogens is 234 g/mol. The number of nitrogens with one attached hydrogen (secondary N) is 1. The number of H-pyrrole nitrogens is 1. The van der Waals surface area contributed by atoms with Crippen LogP contribution < -0.4 is 5.73 Å². The second-order valence-electron chi connectivity index (χ2n) is 5.52. The van der Waals surface area contributed by atoms with Gasteiger partial charge in [0, 0.05) is 17.3 Å². The van der Waals surface area contributed by atoms with Gasteiger partial charge >= 0.3 is 0 Å². The second-order valence-corrected chi connectivity index (χ2v) is 5.52. The zero-order chi connectivity index (χ0) is 13.2. The molecule has 0 saturated heterocycles. The first-order chi connectivity index (χ1) is 9.25. The van der Waals surface area contributed by atoms with Crippen LogP contribution in [0.4, 0.5) is 5.69 Å². The summed E-state index contributed by atoms with van der Waals surface area (Å²) in [4.78, 5) is 0. The van der Waals surface area contributed by atoms with Crippen molar-refractivity contribution in [3.63, 3.8) is 0 Å². The van der Waals surface area contributed by atoms with Gasteiger partial charge in [-0.3, -0.25) is 5.10 Å². The fraction of sp³-hybridized carbons (Fsp3) is 0.438. The molecule has 0 spiro atoms. The first-order valence-electron chi connectivity index (χ1n) is 7.17. The molecule has 2 aromatic rings. The Labute approximate surface area is 114 Å². The predicted octanol–water partition coefficient (Wildman–Crippen LogP) is 3.41. The molecule has 100 valence electrons. The van der Waals surface area contributed by atoms with Crippen LogP contribution in [0, 0.1) is 0 Å². The van der Waals surface area contributed by atoms with Gasteiger partial charge in [-0.25, -0.2) is 0 Å². The zero-order valence-electron chi connectivity index (χ0n) is 11.4. The number of nitrogen functional groups attached to an aromatic ring is 1. The Morgan fingerprint density at radius 2 is 2.05 bits per heavy atom. The Morgan fingerprint density at radius 1 is 1.21 bits per heavy atom. The van der Waals surface area contributed by atoms with E-state index in [1.54, 1.807) is 0 Å². The normalized spacial score (nSPS) is 16.7. The van der Waals surface area contributed by atoms with Crippen molar-refractivity contribution >= 4 is 5.69 Å². The van der Waals surface area contributed by atoms with Crippen molar-refractivity contribution in [3.8, 4) is 0 Å². The van der Waals surface area contributed by atoms with E-state index in [-0.39, 0.29) is 0 Å². The summed E-state index contributed by atoms with van der Waals surface area (Å²) in [5.41, 5.74) is 12.0. The van der Waals surface area contributed by atoms with Crippen molar-refractivity contribution in [2.24, 2.45) is 0 Å². The number of hydrogen-bond acceptors (Lipinski definition) is 2. The minimum atomic E-state index is 0.307.